The number of aromatic nitrogens is 2. The highest BCUT2D eigenvalue weighted by Gasteiger charge is 2.34. The number of para-hydroxylation sites is 1. The number of aryl methyl sites for hydroxylation is 1. The van der Waals surface area contributed by atoms with E-state index in [-0.39, 0.29) is 17.5 Å². The molecule has 5 rings (SSSR count). The highest BCUT2D eigenvalue weighted by atomic mass is 16.2. The third-order valence-electron chi connectivity index (χ3n) is 6.57. The minimum absolute atomic E-state index is 0.0190. The molecule has 4 aromatic rings. The van der Waals surface area contributed by atoms with E-state index < -0.39 is 0 Å². The van der Waals surface area contributed by atoms with Crippen LogP contribution in [0.2, 0.25) is 0 Å². The average Bonchev–Trinajstić information content (AvgIpc) is 3.68. The van der Waals surface area contributed by atoms with Crippen LogP contribution in [0.25, 0.3) is 16.6 Å². The lowest BCUT2D eigenvalue weighted by atomic mass is 10.1. The predicted molar refractivity (Wildman–Crippen MR) is 131 cm³/mol. The summed E-state index contributed by atoms with van der Waals surface area (Å²) in [6, 6.07) is 25.0. The molecule has 5 nitrogen and oxygen atoms in total. The van der Waals surface area contributed by atoms with E-state index in [0.29, 0.717) is 40.4 Å². The average molecular weight is 438 g/mol. The fraction of sp³-hybridized carbons (Fsp3) is 0.250. The first kappa shape index (κ1) is 21.1. The monoisotopic (exact) mass is 437 g/mol. The summed E-state index contributed by atoms with van der Waals surface area (Å²) in [6.07, 6.45) is 2.35. The first-order valence-electron chi connectivity index (χ1n) is 11.5. The van der Waals surface area contributed by atoms with Gasteiger partial charge in [-0.3, -0.25) is 14.2 Å². The molecule has 1 amide bonds. The van der Waals surface area contributed by atoms with E-state index in [4.69, 9.17) is 0 Å². The summed E-state index contributed by atoms with van der Waals surface area (Å²) in [6.45, 7) is 4.56. The Labute approximate surface area is 193 Å². The molecule has 0 bridgehead atoms. The van der Waals surface area contributed by atoms with Gasteiger partial charge in [0.25, 0.3) is 11.5 Å². The molecule has 1 aliphatic rings. The number of rotatable bonds is 6. The Hall–Kier alpha value is -3.73. The Morgan fingerprint density at radius 2 is 1.67 bits per heavy atom. The van der Waals surface area contributed by atoms with Crippen LogP contribution >= 0.6 is 0 Å². The van der Waals surface area contributed by atoms with Crippen LogP contribution in [0.3, 0.4) is 0 Å². The van der Waals surface area contributed by atoms with Crippen LogP contribution < -0.4 is 5.56 Å². The molecule has 0 saturated heterocycles. The molecule has 0 aliphatic heterocycles. The second-order valence-corrected chi connectivity index (χ2v) is 8.86. The summed E-state index contributed by atoms with van der Waals surface area (Å²) in [4.78, 5) is 33.2. The van der Waals surface area contributed by atoms with Crippen molar-refractivity contribution in [1.29, 1.82) is 0 Å². The van der Waals surface area contributed by atoms with Gasteiger partial charge >= 0.3 is 0 Å². The molecule has 1 saturated carbocycles. The third-order valence-corrected chi connectivity index (χ3v) is 6.57. The van der Waals surface area contributed by atoms with E-state index in [1.807, 2.05) is 72.5 Å². The van der Waals surface area contributed by atoms with Gasteiger partial charge in [-0.25, -0.2) is 4.98 Å². The molecule has 0 radical (unpaired) electrons. The Bertz CT molecular complexity index is 1360. The number of benzene rings is 3. The van der Waals surface area contributed by atoms with Crippen molar-refractivity contribution >= 4 is 16.8 Å². The van der Waals surface area contributed by atoms with Gasteiger partial charge in [0, 0.05) is 18.2 Å². The van der Waals surface area contributed by atoms with Crippen LogP contribution in [-0.2, 0) is 6.54 Å². The van der Waals surface area contributed by atoms with Crippen molar-refractivity contribution in [2.24, 2.45) is 5.92 Å². The molecule has 1 aromatic heterocycles. The topological polar surface area (TPSA) is 55.2 Å². The lowest BCUT2D eigenvalue weighted by Crippen LogP contribution is -2.39. The van der Waals surface area contributed by atoms with Gasteiger partial charge in [-0.2, -0.15) is 0 Å². The molecule has 33 heavy (non-hydrogen) atoms. The lowest BCUT2D eigenvalue weighted by Gasteiger charge is -2.30. The van der Waals surface area contributed by atoms with Gasteiger partial charge in [-0.1, -0.05) is 42.5 Å². The first-order valence-corrected chi connectivity index (χ1v) is 11.5. The maximum Gasteiger partial charge on any atom is 0.265 e. The highest BCUT2D eigenvalue weighted by Crippen LogP contribution is 2.36. The summed E-state index contributed by atoms with van der Waals surface area (Å²) >= 11 is 0. The number of hydrogen-bond donors (Lipinski definition) is 0. The molecular weight excluding hydrogens is 410 g/mol. The molecule has 1 fully saturated rings. The zero-order chi connectivity index (χ0) is 22.9. The van der Waals surface area contributed by atoms with Gasteiger partial charge < -0.3 is 4.90 Å². The molecule has 0 spiro atoms. The first-order chi connectivity index (χ1) is 16.0. The Kier molecular flexibility index (Phi) is 5.55. The normalized spacial score (nSPS) is 14.2. The standard InChI is InChI=1S/C28H27N3O2/c1-19(22-12-13-22)30(18-21-8-4-3-5-9-21)27(32)23-14-16-24(17-15-23)31-20(2)29-26-11-7-6-10-25(26)28(31)33/h3-11,14-17,19,22H,12-13,18H2,1-2H3. The fourth-order valence-electron chi connectivity index (χ4n) is 4.48. The Morgan fingerprint density at radius 3 is 2.36 bits per heavy atom. The van der Waals surface area contributed by atoms with E-state index in [2.05, 4.69) is 24.0 Å². The number of carbonyl (C=O) groups excluding carboxylic acids is 1. The SMILES string of the molecule is Cc1nc2ccccc2c(=O)n1-c1ccc(C(=O)N(Cc2ccccc2)C(C)C2CC2)cc1. The Balaban J connectivity index is 1.46. The summed E-state index contributed by atoms with van der Waals surface area (Å²) in [5.41, 5.74) is 3.04. The van der Waals surface area contributed by atoms with Crippen LogP contribution in [0.5, 0.6) is 0 Å². The van der Waals surface area contributed by atoms with E-state index in [1.165, 1.54) is 12.8 Å². The van der Waals surface area contributed by atoms with E-state index >= 15 is 0 Å². The zero-order valence-corrected chi connectivity index (χ0v) is 18.9. The van der Waals surface area contributed by atoms with Crippen molar-refractivity contribution in [3.63, 3.8) is 0 Å². The molecule has 1 heterocycles. The molecule has 1 atom stereocenters. The van der Waals surface area contributed by atoms with Crippen molar-refractivity contribution in [2.75, 3.05) is 0 Å². The number of carbonyl (C=O) groups is 1. The molecule has 1 aliphatic carbocycles. The largest absolute Gasteiger partial charge is 0.331 e. The van der Waals surface area contributed by atoms with Crippen LogP contribution in [0.15, 0.2) is 83.7 Å². The maximum atomic E-state index is 13.5. The van der Waals surface area contributed by atoms with Crippen molar-refractivity contribution in [2.45, 2.75) is 39.3 Å². The highest BCUT2D eigenvalue weighted by molar-refractivity contribution is 5.94. The molecule has 5 heteroatoms. The van der Waals surface area contributed by atoms with E-state index in [0.717, 1.165) is 5.56 Å². The molecular formula is C28H27N3O2. The van der Waals surface area contributed by atoms with Crippen molar-refractivity contribution in [3.8, 4) is 5.69 Å². The molecule has 3 aromatic carbocycles. The van der Waals surface area contributed by atoms with Gasteiger partial charge in [-0.15, -0.1) is 0 Å². The minimum Gasteiger partial charge on any atom is -0.331 e. The van der Waals surface area contributed by atoms with Crippen LogP contribution in [0.1, 0.15) is 41.5 Å². The minimum atomic E-state index is -0.106. The van der Waals surface area contributed by atoms with E-state index in [9.17, 15) is 9.59 Å². The summed E-state index contributed by atoms with van der Waals surface area (Å²) in [7, 11) is 0. The van der Waals surface area contributed by atoms with Gasteiger partial charge in [0.1, 0.15) is 5.82 Å². The van der Waals surface area contributed by atoms with Crippen LogP contribution in [0.4, 0.5) is 0 Å². The van der Waals surface area contributed by atoms with Crippen LogP contribution in [0, 0.1) is 12.8 Å². The fourth-order valence-corrected chi connectivity index (χ4v) is 4.48. The van der Waals surface area contributed by atoms with Gasteiger partial charge in [0.2, 0.25) is 0 Å². The van der Waals surface area contributed by atoms with Crippen LogP contribution in [-0.4, -0.2) is 26.4 Å². The summed E-state index contributed by atoms with van der Waals surface area (Å²) in [5, 5.41) is 0.579. The number of nitrogens with zero attached hydrogens (tertiary/aromatic N) is 3. The maximum absolute atomic E-state index is 13.5. The molecule has 0 N–H and O–H groups in total. The number of amides is 1. The molecule has 1 unspecified atom stereocenters. The zero-order valence-electron chi connectivity index (χ0n) is 18.9. The van der Waals surface area contributed by atoms with Gasteiger partial charge in [0.05, 0.1) is 16.6 Å². The second kappa shape index (κ2) is 8.66. The lowest BCUT2D eigenvalue weighted by molar-refractivity contribution is 0.0654. The smallest absolute Gasteiger partial charge is 0.265 e. The summed E-state index contributed by atoms with van der Waals surface area (Å²) in [5.74, 6) is 1.21. The Morgan fingerprint density at radius 1 is 1.00 bits per heavy atom. The van der Waals surface area contributed by atoms with Crippen molar-refractivity contribution in [3.05, 3.63) is 106 Å². The predicted octanol–water partition coefficient (Wildman–Crippen LogP) is 5.14. The number of fused-ring (bicyclic) bond motifs is 1. The van der Waals surface area contributed by atoms with Gasteiger partial charge in [-0.05, 0) is 74.6 Å². The van der Waals surface area contributed by atoms with Crippen molar-refractivity contribution < 1.29 is 4.79 Å². The van der Waals surface area contributed by atoms with Gasteiger partial charge in [0.15, 0.2) is 0 Å². The summed E-state index contributed by atoms with van der Waals surface area (Å²) < 4.78 is 1.60. The second-order valence-electron chi connectivity index (χ2n) is 8.86. The third kappa shape index (κ3) is 4.19. The number of hydrogen-bond acceptors (Lipinski definition) is 3. The quantitative estimate of drug-likeness (QED) is 0.420. The molecule has 166 valence electrons. The van der Waals surface area contributed by atoms with E-state index in [1.54, 1.807) is 10.6 Å². The van der Waals surface area contributed by atoms with Crippen molar-refractivity contribution in [1.82, 2.24) is 14.5 Å².